The highest BCUT2D eigenvalue weighted by atomic mass is 19.2. The third-order valence-corrected chi connectivity index (χ3v) is 4.68. The predicted molar refractivity (Wildman–Crippen MR) is 90.2 cm³/mol. The van der Waals surface area contributed by atoms with E-state index < -0.39 is 11.6 Å². The summed E-state index contributed by atoms with van der Waals surface area (Å²) in [6.07, 6.45) is 3.52. The van der Waals surface area contributed by atoms with Gasteiger partial charge < -0.3 is 9.42 Å². The molecule has 0 N–H and O–H groups in total. The van der Waals surface area contributed by atoms with Crippen molar-refractivity contribution in [3.05, 3.63) is 53.8 Å². The average Bonchev–Trinajstić information content (AvgIpc) is 3.32. The lowest BCUT2D eigenvalue weighted by Crippen LogP contribution is -2.40. The van der Waals surface area contributed by atoms with E-state index in [1.165, 1.54) is 12.4 Å². The molecule has 0 saturated heterocycles. The number of aromatic nitrogens is 4. The van der Waals surface area contributed by atoms with Crippen LogP contribution in [0.5, 0.6) is 0 Å². The van der Waals surface area contributed by atoms with E-state index in [1.54, 1.807) is 15.9 Å². The van der Waals surface area contributed by atoms with Gasteiger partial charge in [-0.2, -0.15) is 5.10 Å². The Morgan fingerprint density at radius 3 is 2.93 bits per heavy atom. The predicted octanol–water partition coefficient (Wildman–Crippen LogP) is 2.43. The van der Waals surface area contributed by atoms with E-state index in [1.807, 2.05) is 6.92 Å². The molecule has 2 aromatic heterocycles. The number of hydrogen-bond acceptors (Lipinski definition) is 5. The number of halogens is 2. The molecule has 27 heavy (non-hydrogen) atoms. The number of carbonyl (C=O) groups is 1. The highest BCUT2D eigenvalue weighted by molar-refractivity contribution is 5.79. The van der Waals surface area contributed by atoms with Gasteiger partial charge >= 0.3 is 0 Å². The first-order valence-electron chi connectivity index (χ1n) is 8.57. The maximum Gasteiger partial charge on any atom is 0.227 e. The summed E-state index contributed by atoms with van der Waals surface area (Å²) in [4.78, 5) is 18.4. The molecule has 1 amide bonds. The Bertz CT molecular complexity index is 970. The lowest BCUT2D eigenvalue weighted by molar-refractivity contribution is -0.136. The van der Waals surface area contributed by atoms with Crippen LogP contribution in [0.15, 0.2) is 35.4 Å². The van der Waals surface area contributed by atoms with Crippen molar-refractivity contribution in [2.75, 3.05) is 6.54 Å². The van der Waals surface area contributed by atoms with Gasteiger partial charge in [-0.05, 0) is 18.2 Å². The highest BCUT2D eigenvalue weighted by Gasteiger charge is 2.30. The van der Waals surface area contributed by atoms with Gasteiger partial charge in [0.1, 0.15) is 24.1 Å². The minimum absolute atomic E-state index is 0.0198. The van der Waals surface area contributed by atoms with Crippen molar-refractivity contribution in [3.63, 3.8) is 0 Å². The van der Waals surface area contributed by atoms with Gasteiger partial charge in [-0.15, -0.1) is 0 Å². The first kappa shape index (κ1) is 17.3. The number of rotatable bonds is 4. The van der Waals surface area contributed by atoms with Crippen LogP contribution in [-0.2, 0) is 24.3 Å². The van der Waals surface area contributed by atoms with Gasteiger partial charge in [0.05, 0.1) is 19.0 Å². The fourth-order valence-electron chi connectivity index (χ4n) is 3.26. The molecule has 1 aliphatic rings. The van der Waals surface area contributed by atoms with Crippen LogP contribution in [-0.4, -0.2) is 37.3 Å². The van der Waals surface area contributed by atoms with E-state index in [4.69, 9.17) is 4.52 Å². The molecule has 140 valence electrons. The Morgan fingerprint density at radius 1 is 1.33 bits per heavy atom. The molecule has 1 atom stereocenters. The summed E-state index contributed by atoms with van der Waals surface area (Å²) < 4.78 is 33.8. The van der Waals surface area contributed by atoms with Crippen molar-refractivity contribution in [1.82, 2.24) is 24.8 Å². The van der Waals surface area contributed by atoms with Crippen LogP contribution in [0.25, 0.3) is 11.3 Å². The molecule has 0 saturated carbocycles. The van der Waals surface area contributed by atoms with Crippen molar-refractivity contribution < 1.29 is 18.1 Å². The van der Waals surface area contributed by atoms with E-state index >= 15 is 0 Å². The maximum atomic E-state index is 13.6. The van der Waals surface area contributed by atoms with Crippen LogP contribution in [0.4, 0.5) is 8.78 Å². The van der Waals surface area contributed by atoms with Gasteiger partial charge in [0.2, 0.25) is 5.91 Å². The lowest BCUT2D eigenvalue weighted by atomic mass is 10.00. The third kappa shape index (κ3) is 3.32. The van der Waals surface area contributed by atoms with Crippen molar-refractivity contribution in [2.24, 2.45) is 5.92 Å². The zero-order valence-corrected chi connectivity index (χ0v) is 14.6. The summed E-state index contributed by atoms with van der Waals surface area (Å²) in [7, 11) is 0. The summed E-state index contributed by atoms with van der Waals surface area (Å²) >= 11 is 0. The molecule has 9 heteroatoms. The zero-order valence-electron chi connectivity index (χ0n) is 14.6. The number of amides is 1. The summed E-state index contributed by atoms with van der Waals surface area (Å²) in [5.74, 6) is -1.50. The third-order valence-electron chi connectivity index (χ3n) is 4.68. The fourth-order valence-corrected chi connectivity index (χ4v) is 3.26. The summed E-state index contributed by atoms with van der Waals surface area (Å²) in [5, 5.41) is 8.04. The van der Waals surface area contributed by atoms with Crippen molar-refractivity contribution >= 4 is 5.91 Å². The minimum atomic E-state index is -0.950. The first-order chi connectivity index (χ1) is 13.0. The van der Waals surface area contributed by atoms with Crippen LogP contribution in [0.3, 0.4) is 0 Å². The zero-order chi connectivity index (χ0) is 19.0. The monoisotopic (exact) mass is 373 g/mol. The highest BCUT2D eigenvalue weighted by Crippen LogP contribution is 2.31. The SMILES string of the molecule is C[C@@H](Cn1cncn1)C(=O)N1CCc2onc(-c3ccc(F)c(F)c3)c2C1. The fraction of sp³-hybridized carbons (Fsp3) is 0.333. The molecule has 1 aliphatic heterocycles. The molecular weight excluding hydrogens is 356 g/mol. The Labute approximate surface area is 153 Å². The van der Waals surface area contributed by atoms with E-state index in [0.717, 1.165) is 17.7 Å². The molecule has 7 nitrogen and oxygen atoms in total. The summed E-state index contributed by atoms with van der Waals surface area (Å²) in [6.45, 7) is 3.10. The molecule has 0 aliphatic carbocycles. The minimum Gasteiger partial charge on any atom is -0.360 e. The lowest BCUT2D eigenvalue weighted by Gasteiger charge is -2.28. The standard InChI is InChI=1S/C18H17F2N5O2/c1-11(7-25-10-21-9-22-25)18(26)24-5-4-16-13(8-24)17(23-27-16)12-2-3-14(19)15(20)6-12/h2-3,6,9-11H,4-5,7-8H2,1H3/t11-/m0/s1. The van der Waals surface area contributed by atoms with Crippen LogP contribution < -0.4 is 0 Å². The Hall–Kier alpha value is -3.10. The quantitative estimate of drug-likeness (QED) is 0.702. The number of nitrogens with zero attached hydrogens (tertiary/aromatic N) is 5. The largest absolute Gasteiger partial charge is 0.360 e. The van der Waals surface area contributed by atoms with Gasteiger partial charge in [0.15, 0.2) is 11.6 Å². The van der Waals surface area contributed by atoms with Crippen molar-refractivity contribution in [2.45, 2.75) is 26.4 Å². The van der Waals surface area contributed by atoms with Gasteiger partial charge in [0, 0.05) is 24.1 Å². The number of hydrogen-bond donors (Lipinski definition) is 0. The molecule has 0 spiro atoms. The van der Waals surface area contributed by atoms with E-state index in [0.29, 0.717) is 43.1 Å². The van der Waals surface area contributed by atoms with Crippen LogP contribution in [0, 0.1) is 17.6 Å². The van der Waals surface area contributed by atoms with Gasteiger partial charge in [0.25, 0.3) is 0 Å². The van der Waals surface area contributed by atoms with Crippen LogP contribution >= 0.6 is 0 Å². The molecule has 3 heterocycles. The Kier molecular flexibility index (Phi) is 4.43. The number of fused-ring (bicyclic) bond motifs is 1. The van der Waals surface area contributed by atoms with Crippen molar-refractivity contribution in [3.8, 4) is 11.3 Å². The molecule has 4 rings (SSSR count). The Balaban J connectivity index is 1.54. The molecule has 1 aromatic carbocycles. The Morgan fingerprint density at radius 2 is 2.19 bits per heavy atom. The number of carbonyl (C=O) groups excluding carboxylic acids is 1. The second-order valence-electron chi connectivity index (χ2n) is 6.59. The van der Waals surface area contributed by atoms with Gasteiger partial charge in [-0.1, -0.05) is 12.1 Å². The number of benzene rings is 1. The molecule has 3 aromatic rings. The van der Waals surface area contributed by atoms with E-state index in [-0.39, 0.29) is 11.8 Å². The molecule has 0 fully saturated rings. The summed E-state index contributed by atoms with van der Waals surface area (Å²) in [6, 6.07) is 3.59. The first-order valence-corrected chi connectivity index (χ1v) is 8.57. The van der Waals surface area contributed by atoms with Gasteiger partial charge in [-0.3, -0.25) is 9.48 Å². The van der Waals surface area contributed by atoms with Crippen LogP contribution in [0.2, 0.25) is 0 Å². The molecule has 0 bridgehead atoms. The molecule has 0 radical (unpaired) electrons. The molecular formula is C18H17F2N5O2. The van der Waals surface area contributed by atoms with E-state index in [2.05, 4.69) is 15.2 Å². The maximum absolute atomic E-state index is 13.6. The van der Waals surface area contributed by atoms with Gasteiger partial charge in [-0.25, -0.2) is 13.8 Å². The van der Waals surface area contributed by atoms with Crippen LogP contribution in [0.1, 0.15) is 18.2 Å². The average molecular weight is 373 g/mol. The van der Waals surface area contributed by atoms with E-state index in [9.17, 15) is 13.6 Å². The normalized spacial score (nSPS) is 14.9. The smallest absolute Gasteiger partial charge is 0.227 e. The second-order valence-corrected chi connectivity index (χ2v) is 6.59. The second kappa shape index (κ2) is 6.90. The summed E-state index contributed by atoms with van der Waals surface area (Å²) in [5.41, 5.74) is 1.59. The van der Waals surface area contributed by atoms with Crippen molar-refractivity contribution in [1.29, 1.82) is 0 Å². The topological polar surface area (TPSA) is 77.0 Å². The molecule has 0 unspecified atom stereocenters.